The lowest BCUT2D eigenvalue weighted by atomic mass is 10.3. The van der Waals surface area contributed by atoms with Gasteiger partial charge in [0, 0.05) is 31.4 Å². The number of benzene rings is 1. The normalized spacial score (nSPS) is 11.5. The zero-order valence-corrected chi connectivity index (χ0v) is 11.8. The monoisotopic (exact) mass is 293 g/mol. The number of hydrogen-bond acceptors (Lipinski definition) is 4. The lowest BCUT2D eigenvalue weighted by Gasteiger charge is -2.10. The summed E-state index contributed by atoms with van der Waals surface area (Å²) >= 11 is 5.78. The number of nitrogens with one attached hydrogen (secondary N) is 1. The second-order valence-electron chi connectivity index (χ2n) is 3.54. The first-order valence-electron chi connectivity index (χ1n) is 5.33. The predicted octanol–water partition coefficient (Wildman–Crippen LogP) is 1.66. The van der Waals surface area contributed by atoms with Gasteiger partial charge in [-0.05, 0) is 18.6 Å². The number of halogens is 1. The highest BCUT2D eigenvalue weighted by atomic mass is 35.5. The quantitative estimate of drug-likeness (QED) is 0.777. The Morgan fingerprint density at radius 2 is 2.06 bits per heavy atom. The Morgan fingerprint density at radius 3 is 2.67 bits per heavy atom. The van der Waals surface area contributed by atoms with Gasteiger partial charge >= 0.3 is 0 Å². The molecule has 5 nitrogen and oxygen atoms in total. The van der Waals surface area contributed by atoms with E-state index in [0.717, 1.165) is 0 Å². The van der Waals surface area contributed by atoms with Crippen LogP contribution >= 0.6 is 11.6 Å². The first-order chi connectivity index (χ1) is 8.51. The number of ether oxygens (including phenoxy) is 2. The average molecular weight is 294 g/mol. The van der Waals surface area contributed by atoms with Crippen LogP contribution in [0.4, 0.5) is 0 Å². The van der Waals surface area contributed by atoms with E-state index >= 15 is 0 Å². The molecule has 0 radical (unpaired) electrons. The molecule has 0 atom stereocenters. The van der Waals surface area contributed by atoms with Crippen molar-refractivity contribution in [3.8, 4) is 5.75 Å². The van der Waals surface area contributed by atoms with Crippen molar-refractivity contribution < 1.29 is 17.9 Å². The van der Waals surface area contributed by atoms with Gasteiger partial charge in [0.05, 0.1) is 7.11 Å². The van der Waals surface area contributed by atoms with Gasteiger partial charge in [0.2, 0.25) is 10.0 Å². The average Bonchev–Trinajstić information content (AvgIpc) is 2.34. The van der Waals surface area contributed by atoms with Crippen molar-refractivity contribution in [3.63, 3.8) is 0 Å². The molecule has 102 valence electrons. The molecule has 0 saturated carbocycles. The fraction of sp³-hybridized carbons (Fsp3) is 0.455. The van der Waals surface area contributed by atoms with E-state index in [9.17, 15) is 8.42 Å². The zero-order valence-electron chi connectivity index (χ0n) is 10.3. The first-order valence-corrected chi connectivity index (χ1v) is 7.19. The van der Waals surface area contributed by atoms with Crippen LogP contribution in [-0.4, -0.2) is 35.8 Å². The minimum atomic E-state index is -3.59. The van der Waals surface area contributed by atoms with Crippen LogP contribution in [-0.2, 0) is 14.8 Å². The SMILES string of the molecule is COCCCNS(=O)(=O)c1ccc(Cl)cc1OC. The molecule has 0 saturated heterocycles. The Bertz CT molecular complexity index is 490. The van der Waals surface area contributed by atoms with Gasteiger partial charge in [0.1, 0.15) is 10.6 Å². The third kappa shape index (κ3) is 4.13. The van der Waals surface area contributed by atoms with Crippen molar-refractivity contribution in [3.05, 3.63) is 23.2 Å². The molecule has 0 amide bonds. The molecule has 0 unspecified atom stereocenters. The molecule has 1 N–H and O–H groups in total. The molecular formula is C11H16ClNO4S. The van der Waals surface area contributed by atoms with Crippen molar-refractivity contribution in [2.45, 2.75) is 11.3 Å². The van der Waals surface area contributed by atoms with E-state index in [4.69, 9.17) is 21.1 Å². The number of rotatable bonds is 7. The summed E-state index contributed by atoms with van der Waals surface area (Å²) in [6, 6.07) is 4.39. The second-order valence-corrected chi connectivity index (χ2v) is 5.71. The molecule has 0 aliphatic carbocycles. The Hall–Kier alpha value is -0.820. The second kappa shape index (κ2) is 6.94. The van der Waals surface area contributed by atoms with Gasteiger partial charge in [-0.1, -0.05) is 11.6 Å². The van der Waals surface area contributed by atoms with Crippen LogP contribution in [0.1, 0.15) is 6.42 Å². The minimum absolute atomic E-state index is 0.0758. The Balaban J connectivity index is 2.84. The molecule has 0 spiro atoms. The third-order valence-corrected chi connectivity index (χ3v) is 3.97. The van der Waals surface area contributed by atoms with Gasteiger partial charge in [-0.25, -0.2) is 13.1 Å². The largest absolute Gasteiger partial charge is 0.495 e. The van der Waals surface area contributed by atoms with Crippen molar-refractivity contribution in [1.29, 1.82) is 0 Å². The van der Waals surface area contributed by atoms with Crippen LogP contribution in [0.3, 0.4) is 0 Å². The summed E-state index contributed by atoms with van der Waals surface area (Å²) < 4.78 is 36.4. The molecule has 18 heavy (non-hydrogen) atoms. The zero-order chi connectivity index (χ0) is 13.6. The molecule has 1 aromatic rings. The first kappa shape index (κ1) is 15.2. The number of sulfonamides is 1. The molecule has 0 fully saturated rings. The summed E-state index contributed by atoms with van der Waals surface area (Å²) in [6.07, 6.45) is 0.603. The lowest BCUT2D eigenvalue weighted by molar-refractivity contribution is 0.196. The van der Waals surface area contributed by atoms with Gasteiger partial charge in [-0.2, -0.15) is 0 Å². The Kier molecular flexibility index (Phi) is 5.87. The number of hydrogen-bond donors (Lipinski definition) is 1. The van der Waals surface area contributed by atoms with E-state index in [0.29, 0.717) is 24.6 Å². The smallest absolute Gasteiger partial charge is 0.244 e. The molecule has 0 bridgehead atoms. The lowest BCUT2D eigenvalue weighted by Crippen LogP contribution is -2.26. The van der Waals surface area contributed by atoms with Crippen LogP contribution in [0.15, 0.2) is 23.1 Å². The van der Waals surface area contributed by atoms with Gasteiger partial charge in [0.25, 0.3) is 0 Å². The van der Waals surface area contributed by atoms with Crippen molar-refractivity contribution >= 4 is 21.6 Å². The van der Waals surface area contributed by atoms with Crippen molar-refractivity contribution in [2.75, 3.05) is 27.4 Å². The van der Waals surface area contributed by atoms with Gasteiger partial charge in [-0.15, -0.1) is 0 Å². The van der Waals surface area contributed by atoms with Gasteiger partial charge < -0.3 is 9.47 Å². The molecule has 7 heteroatoms. The molecule has 0 heterocycles. The maximum Gasteiger partial charge on any atom is 0.244 e. The summed E-state index contributed by atoms with van der Waals surface area (Å²) in [6.45, 7) is 0.808. The molecule has 0 aliphatic rings. The fourth-order valence-corrected chi connectivity index (χ4v) is 2.75. The van der Waals surface area contributed by atoms with Crippen LogP contribution in [0.5, 0.6) is 5.75 Å². The maximum absolute atomic E-state index is 12.0. The van der Waals surface area contributed by atoms with Crippen LogP contribution in [0.2, 0.25) is 5.02 Å². The number of methoxy groups -OCH3 is 2. The van der Waals surface area contributed by atoms with E-state index in [1.54, 1.807) is 7.11 Å². The summed E-state index contributed by atoms with van der Waals surface area (Å²) in [5.41, 5.74) is 0. The summed E-state index contributed by atoms with van der Waals surface area (Å²) in [5.74, 6) is 0.224. The van der Waals surface area contributed by atoms with E-state index in [1.165, 1.54) is 25.3 Å². The molecule has 0 aromatic heterocycles. The summed E-state index contributed by atoms with van der Waals surface area (Å²) in [5, 5.41) is 0.421. The standard InChI is InChI=1S/C11H16ClNO4S/c1-16-7-3-6-13-18(14,15)11-5-4-9(12)8-10(11)17-2/h4-5,8,13H,3,6-7H2,1-2H3. The van der Waals surface area contributed by atoms with Crippen molar-refractivity contribution in [1.82, 2.24) is 4.72 Å². The van der Waals surface area contributed by atoms with Crippen LogP contribution < -0.4 is 9.46 Å². The topological polar surface area (TPSA) is 64.6 Å². The highest BCUT2D eigenvalue weighted by molar-refractivity contribution is 7.89. The van der Waals surface area contributed by atoms with Crippen LogP contribution in [0.25, 0.3) is 0 Å². The maximum atomic E-state index is 12.0. The van der Waals surface area contributed by atoms with E-state index in [-0.39, 0.29) is 10.6 Å². The molecule has 1 aromatic carbocycles. The van der Waals surface area contributed by atoms with E-state index < -0.39 is 10.0 Å². The summed E-state index contributed by atoms with van der Waals surface area (Å²) in [7, 11) is -0.625. The highest BCUT2D eigenvalue weighted by Crippen LogP contribution is 2.26. The Labute approximate surface area is 112 Å². The van der Waals surface area contributed by atoms with E-state index in [1.807, 2.05) is 0 Å². The van der Waals surface area contributed by atoms with Gasteiger partial charge in [-0.3, -0.25) is 0 Å². The van der Waals surface area contributed by atoms with Crippen LogP contribution in [0, 0.1) is 0 Å². The molecule has 0 aliphatic heterocycles. The highest BCUT2D eigenvalue weighted by Gasteiger charge is 2.18. The molecular weight excluding hydrogens is 278 g/mol. The van der Waals surface area contributed by atoms with E-state index in [2.05, 4.69) is 4.72 Å². The van der Waals surface area contributed by atoms with Crippen molar-refractivity contribution in [2.24, 2.45) is 0 Å². The molecule has 1 rings (SSSR count). The van der Waals surface area contributed by atoms with Gasteiger partial charge in [0.15, 0.2) is 0 Å². The summed E-state index contributed by atoms with van der Waals surface area (Å²) in [4.78, 5) is 0.0758. The fourth-order valence-electron chi connectivity index (χ4n) is 1.36. The Morgan fingerprint density at radius 1 is 1.33 bits per heavy atom. The predicted molar refractivity (Wildman–Crippen MR) is 69.7 cm³/mol. The third-order valence-electron chi connectivity index (χ3n) is 2.23. The minimum Gasteiger partial charge on any atom is -0.495 e.